The summed E-state index contributed by atoms with van der Waals surface area (Å²) in [5.41, 5.74) is 3.62. The fraction of sp³-hybridized carbons (Fsp3) is 0.125. The van der Waals surface area contributed by atoms with Crippen LogP contribution in [0, 0.1) is 0 Å². The van der Waals surface area contributed by atoms with E-state index in [2.05, 4.69) is 10.5 Å². The third-order valence-corrected chi connectivity index (χ3v) is 3.39. The molecule has 1 amide bonds. The van der Waals surface area contributed by atoms with Crippen LogP contribution in [-0.2, 0) is 0 Å². The van der Waals surface area contributed by atoms with Gasteiger partial charge >= 0.3 is 0 Å². The number of halogens is 1. The van der Waals surface area contributed by atoms with Crippen molar-refractivity contribution in [2.75, 3.05) is 13.2 Å². The lowest BCUT2D eigenvalue weighted by atomic mass is 10.2. The Morgan fingerprint density at radius 2 is 1.91 bits per heavy atom. The molecular weight excluding hydrogens is 304 g/mol. The highest BCUT2D eigenvalue weighted by molar-refractivity contribution is 6.33. The van der Waals surface area contributed by atoms with Crippen molar-refractivity contribution in [2.24, 2.45) is 5.10 Å². The SMILES string of the molecule is O=C(N/N=C\c1ccc2c(c1)OCCO2)c1ccccc1Cl. The minimum absolute atomic E-state index is 0.362. The van der Waals surface area contributed by atoms with E-state index in [1.54, 1.807) is 30.3 Å². The van der Waals surface area contributed by atoms with Gasteiger partial charge in [0.05, 0.1) is 16.8 Å². The number of nitrogens with one attached hydrogen (secondary N) is 1. The number of hydrogen-bond acceptors (Lipinski definition) is 4. The zero-order valence-corrected chi connectivity index (χ0v) is 12.3. The molecule has 0 unspecified atom stereocenters. The highest BCUT2D eigenvalue weighted by atomic mass is 35.5. The second-order valence-electron chi connectivity index (χ2n) is 4.58. The van der Waals surface area contributed by atoms with E-state index < -0.39 is 0 Å². The lowest BCUT2D eigenvalue weighted by Crippen LogP contribution is -2.18. The number of carbonyl (C=O) groups excluding carboxylic acids is 1. The topological polar surface area (TPSA) is 59.9 Å². The van der Waals surface area contributed by atoms with E-state index in [1.807, 2.05) is 12.1 Å². The summed E-state index contributed by atoms with van der Waals surface area (Å²) in [6, 6.07) is 12.2. The van der Waals surface area contributed by atoms with Crippen molar-refractivity contribution in [3.63, 3.8) is 0 Å². The normalized spacial score (nSPS) is 13.1. The lowest BCUT2D eigenvalue weighted by molar-refractivity contribution is 0.0955. The zero-order chi connectivity index (χ0) is 15.4. The van der Waals surface area contributed by atoms with Crippen LogP contribution < -0.4 is 14.9 Å². The molecule has 2 aromatic carbocycles. The number of fused-ring (bicyclic) bond motifs is 1. The number of nitrogens with zero attached hydrogens (tertiary/aromatic N) is 1. The monoisotopic (exact) mass is 316 g/mol. The van der Waals surface area contributed by atoms with Gasteiger partial charge in [-0.05, 0) is 35.9 Å². The summed E-state index contributed by atoms with van der Waals surface area (Å²) in [7, 11) is 0. The van der Waals surface area contributed by atoms with Crippen LogP contribution in [0.5, 0.6) is 11.5 Å². The van der Waals surface area contributed by atoms with Crippen molar-refractivity contribution in [1.82, 2.24) is 5.43 Å². The molecule has 0 saturated heterocycles. The standard InChI is InChI=1S/C16H13ClN2O3/c17-13-4-2-1-3-12(13)16(20)19-18-10-11-5-6-14-15(9-11)22-8-7-21-14/h1-6,9-10H,7-8H2,(H,19,20)/b18-10-. The molecule has 0 bridgehead atoms. The van der Waals surface area contributed by atoms with E-state index in [-0.39, 0.29) is 5.91 Å². The quantitative estimate of drug-likeness (QED) is 0.699. The molecule has 6 heteroatoms. The van der Waals surface area contributed by atoms with E-state index in [0.29, 0.717) is 35.3 Å². The predicted octanol–water partition coefficient (Wildman–Crippen LogP) is 2.88. The van der Waals surface area contributed by atoms with Crippen molar-refractivity contribution in [1.29, 1.82) is 0 Å². The van der Waals surface area contributed by atoms with Gasteiger partial charge in [0.25, 0.3) is 5.91 Å². The van der Waals surface area contributed by atoms with Gasteiger partial charge < -0.3 is 9.47 Å². The highest BCUT2D eigenvalue weighted by Gasteiger charge is 2.11. The Hall–Kier alpha value is -2.53. The van der Waals surface area contributed by atoms with Crippen LogP contribution in [-0.4, -0.2) is 25.3 Å². The van der Waals surface area contributed by atoms with E-state index >= 15 is 0 Å². The average molecular weight is 317 g/mol. The number of hydrogen-bond donors (Lipinski definition) is 1. The minimum atomic E-state index is -0.362. The predicted molar refractivity (Wildman–Crippen MR) is 83.9 cm³/mol. The zero-order valence-electron chi connectivity index (χ0n) is 11.6. The van der Waals surface area contributed by atoms with Crippen LogP contribution in [0.25, 0.3) is 0 Å². The molecule has 1 aliphatic rings. The van der Waals surface area contributed by atoms with Crippen LogP contribution in [0.4, 0.5) is 0 Å². The van der Waals surface area contributed by atoms with Gasteiger partial charge in [0.1, 0.15) is 13.2 Å². The van der Waals surface area contributed by atoms with Gasteiger partial charge in [0.15, 0.2) is 11.5 Å². The Kier molecular flexibility index (Phi) is 4.25. The van der Waals surface area contributed by atoms with E-state index in [0.717, 1.165) is 5.56 Å². The van der Waals surface area contributed by atoms with Gasteiger partial charge in [-0.2, -0.15) is 5.10 Å². The van der Waals surface area contributed by atoms with Crippen molar-refractivity contribution >= 4 is 23.7 Å². The minimum Gasteiger partial charge on any atom is -0.486 e. The van der Waals surface area contributed by atoms with Crippen molar-refractivity contribution in [3.05, 3.63) is 58.6 Å². The third-order valence-electron chi connectivity index (χ3n) is 3.06. The smallest absolute Gasteiger partial charge is 0.272 e. The second-order valence-corrected chi connectivity index (χ2v) is 4.99. The molecule has 0 atom stereocenters. The molecule has 2 aromatic rings. The maximum absolute atomic E-state index is 11.9. The summed E-state index contributed by atoms with van der Waals surface area (Å²) in [6.45, 7) is 1.07. The fourth-order valence-corrected chi connectivity index (χ4v) is 2.23. The van der Waals surface area contributed by atoms with Crippen molar-refractivity contribution < 1.29 is 14.3 Å². The van der Waals surface area contributed by atoms with Gasteiger partial charge in [-0.1, -0.05) is 23.7 Å². The molecule has 0 aromatic heterocycles. The third kappa shape index (κ3) is 3.20. The second kappa shape index (κ2) is 6.49. The lowest BCUT2D eigenvalue weighted by Gasteiger charge is -2.18. The Labute approximate surface area is 132 Å². The molecule has 5 nitrogen and oxygen atoms in total. The number of benzene rings is 2. The molecule has 3 rings (SSSR count). The van der Waals surface area contributed by atoms with Gasteiger partial charge in [-0.3, -0.25) is 4.79 Å². The summed E-state index contributed by atoms with van der Waals surface area (Å²) >= 11 is 5.95. The number of rotatable bonds is 3. The van der Waals surface area contributed by atoms with Gasteiger partial charge in [0.2, 0.25) is 0 Å². The maximum Gasteiger partial charge on any atom is 0.272 e. The number of hydrazone groups is 1. The molecule has 1 N–H and O–H groups in total. The summed E-state index contributed by atoms with van der Waals surface area (Å²) in [5.74, 6) is 1.02. The fourth-order valence-electron chi connectivity index (χ4n) is 2.01. The molecule has 0 aliphatic carbocycles. The van der Waals surface area contributed by atoms with E-state index in [1.165, 1.54) is 6.21 Å². The first-order valence-corrected chi connectivity index (χ1v) is 7.09. The largest absolute Gasteiger partial charge is 0.486 e. The first-order chi connectivity index (χ1) is 10.7. The number of carbonyl (C=O) groups is 1. The molecule has 22 heavy (non-hydrogen) atoms. The molecular formula is C16H13ClN2O3. The van der Waals surface area contributed by atoms with Gasteiger partial charge in [-0.15, -0.1) is 0 Å². The first kappa shape index (κ1) is 14.4. The van der Waals surface area contributed by atoms with Crippen LogP contribution in [0.2, 0.25) is 5.02 Å². The molecule has 0 saturated carbocycles. The first-order valence-electron chi connectivity index (χ1n) is 6.71. The Balaban J connectivity index is 1.67. The van der Waals surface area contributed by atoms with E-state index in [4.69, 9.17) is 21.1 Å². The average Bonchev–Trinajstić information content (AvgIpc) is 2.55. The van der Waals surface area contributed by atoms with Crippen LogP contribution >= 0.6 is 11.6 Å². The van der Waals surface area contributed by atoms with Crippen molar-refractivity contribution in [3.8, 4) is 11.5 Å². The molecule has 112 valence electrons. The summed E-state index contributed by atoms with van der Waals surface area (Å²) in [5, 5.41) is 4.31. The number of ether oxygens (including phenoxy) is 2. The highest BCUT2D eigenvalue weighted by Crippen LogP contribution is 2.30. The molecule has 0 fully saturated rings. The Morgan fingerprint density at radius 1 is 1.14 bits per heavy atom. The molecule has 1 heterocycles. The van der Waals surface area contributed by atoms with Gasteiger partial charge in [0, 0.05) is 0 Å². The van der Waals surface area contributed by atoms with Crippen LogP contribution in [0.15, 0.2) is 47.6 Å². The maximum atomic E-state index is 11.9. The molecule has 0 radical (unpaired) electrons. The summed E-state index contributed by atoms with van der Waals surface area (Å²) < 4.78 is 10.9. The van der Waals surface area contributed by atoms with Crippen LogP contribution in [0.3, 0.4) is 0 Å². The Bertz CT molecular complexity index is 731. The summed E-state index contributed by atoms with van der Waals surface area (Å²) in [4.78, 5) is 11.9. The van der Waals surface area contributed by atoms with Gasteiger partial charge in [-0.25, -0.2) is 5.43 Å². The van der Waals surface area contributed by atoms with Crippen molar-refractivity contribution in [2.45, 2.75) is 0 Å². The number of amides is 1. The van der Waals surface area contributed by atoms with Crippen LogP contribution in [0.1, 0.15) is 15.9 Å². The Morgan fingerprint density at radius 3 is 2.73 bits per heavy atom. The van der Waals surface area contributed by atoms with E-state index in [9.17, 15) is 4.79 Å². The molecule has 1 aliphatic heterocycles. The molecule has 0 spiro atoms. The summed E-state index contributed by atoms with van der Waals surface area (Å²) in [6.07, 6.45) is 1.53.